The first-order valence-electron chi connectivity index (χ1n) is 6.62. The summed E-state index contributed by atoms with van der Waals surface area (Å²) < 4.78 is 4.92. The lowest BCUT2D eigenvalue weighted by Gasteiger charge is -2.01. The van der Waals surface area contributed by atoms with Gasteiger partial charge in [-0.1, -0.05) is 60.7 Å². The Morgan fingerprint density at radius 1 is 0.905 bits per heavy atom. The van der Waals surface area contributed by atoms with Gasteiger partial charge in [0, 0.05) is 10.4 Å². The fourth-order valence-electron chi connectivity index (χ4n) is 2.21. The predicted octanol–water partition coefficient (Wildman–Crippen LogP) is 4.87. The standard InChI is InChI=1S/C18H14O2S/c1-20-18(19)17-15(13-8-4-2-5-9-13)12-16(21-17)14-10-6-3-7-11-14/h2-12H,1H3. The van der Waals surface area contributed by atoms with Crippen LogP contribution in [0.1, 0.15) is 9.67 Å². The number of methoxy groups -OCH3 is 1. The summed E-state index contributed by atoms with van der Waals surface area (Å²) >= 11 is 1.47. The van der Waals surface area contributed by atoms with Crippen LogP contribution in [-0.4, -0.2) is 13.1 Å². The Labute approximate surface area is 127 Å². The highest BCUT2D eigenvalue weighted by Gasteiger charge is 2.18. The van der Waals surface area contributed by atoms with Gasteiger partial charge in [0.05, 0.1) is 7.11 Å². The van der Waals surface area contributed by atoms with E-state index < -0.39 is 0 Å². The Hall–Kier alpha value is -2.39. The Balaban J connectivity index is 2.14. The van der Waals surface area contributed by atoms with Crippen LogP contribution in [0.25, 0.3) is 21.6 Å². The third-order valence-corrected chi connectivity index (χ3v) is 4.41. The number of rotatable bonds is 3. The van der Waals surface area contributed by atoms with E-state index in [-0.39, 0.29) is 5.97 Å². The quantitative estimate of drug-likeness (QED) is 0.644. The highest BCUT2D eigenvalue weighted by molar-refractivity contribution is 7.17. The average molecular weight is 294 g/mol. The molecule has 3 heteroatoms. The van der Waals surface area contributed by atoms with E-state index >= 15 is 0 Å². The Morgan fingerprint density at radius 2 is 1.48 bits per heavy atom. The predicted molar refractivity (Wildman–Crippen MR) is 86.5 cm³/mol. The summed E-state index contributed by atoms with van der Waals surface area (Å²) in [7, 11) is 1.42. The molecule has 0 bridgehead atoms. The van der Waals surface area contributed by atoms with Gasteiger partial charge in [0.2, 0.25) is 0 Å². The number of esters is 1. The fraction of sp³-hybridized carbons (Fsp3) is 0.0556. The minimum absolute atomic E-state index is 0.291. The third kappa shape index (κ3) is 2.73. The minimum atomic E-state index is -0.291. The Kier molecular flexibility index (Phi) is 3.84. The van der Waals surface area contributed by atoms with Gasteiger partial charge in [0.15, 0.2) is 0 Å². The Morgan fingerprint density at radius 3 is 2.05 bits per heavy atom. The van der Waals surface area contributed by atoms with Gasteiger partial charge >= 0.3 is 5.97 Å². The number of benzene rings is 2. The van der Waals surface area contributed by atoms with E-state index in [9.17, 15) is 4.79 Å². The van der Waals surface area contributed by atoms with Crippen molar-refractivity contribution in [1.82, 2.24) is 0 Å². The summed E-state index contributed by atoms with van der Waals surface area (Å²) in [4.78, 5) is 13.7. The van der Waals surface area contributed by atoms with Crippen molar-refractivity contribution >= 4 is 17.3 Å². The van der Waals surface area contributed by atoms with Crippen LogP contribution in [0.15, 0.2) is 66.7 Å². The Bertz CT molecular complexity index is 745. The molecule has 0 saturated carbocycles. The summed E-state index contributed by atoms with van der Waals surface area (Å²) in [5, 5.41) is 0. The van der Waals surface area contributed by atoms with Crippen molar-refractivity contribution in [2.24, 2.45) is 0 Å². The highest BCUT2D eigenvalue weighted by Crippen LogP contribution is 2.37. The van der Waals surface area contributed by atoms with Crippen LogP contribution in [0, 0.1) is 0 Å². The largest absolute Gasteiger partial charge is 0.465 e. The van der Waals surface area contributed by atoms with Crippen LogP contribution in [0.5, 0.6) is 0 Å². The topological polar surface area (TPSA) is 26.3 Å². The second-order valence-electron chi connectivity index (χ2n) is 4.58. The zero-order valence-electron chi connectivity index (χ0n) is 11.6. The minimum Gasteiger partial charge on any atom is -0.465 e. The number of hydrogen-bond donors (Lipinski definition) is 0. The zero-order chi connectivity index (χ0) is 14.7. The molecule has 0 amide bonds. The lowest BCUT2D eigenvalue weighted by molar-refractivity contribution is 0.0607. The maximum absolute atomic E-state index is 12.0. The zero-order valence-corrected chi connectivity index (χ0v) is 12.4. The summed E-state index contributed by atoms with van der Waals surface area (Å²) in [6, 6.07) is 22.0. The SMILES string of the molecule is COC(=O)c1sc(-c2ccccc2)cc1-c1ccccc1. The molecule has 0 N–H and O–H groups in total. The maximum atomic E-state index is 12.0. The van der Waals surface area contributed by atoms with Gasteiger partial charge in [-0.25, -0.2) is 4.79 Å². The molecule has 0 aliphatic rings. The molecule has 0 aliphatic heterocycles. The molecule has 2 aromatic carbocycles. The molecule has 1 heterocycles. The molecule has 0 fully saturated rings. The third-order valence-electron chi connectivity index (χ3n) is 3.25. The number of ether oxygens (including phenoxy) is 1. The van der Waals surface area contributed by atoms with Crippen LogP contribution >= 0.6 is 11.3 Å². The van der Waals surface area contributed by atoms with Gasteiger partial charge in [0.1, 0.15) is 4.88 Å². The average Bonchev–Trinajstić information content (AvgIpc) is 3.01. The van der Waals surface area contributed by atoms with Gasteiger partial charge in [-0.15, -0.1) is 11.3 Å². The van der Waals surface area contributed by atoms with Crippen LogP contribution in [0.2, 0.25) is 0 Å². The fourth-order valence-corrected chi connectivity index (χ4v) is 3.32. The summed E-state index contributed by atoms with van der Waals surface area (Å²) in [6.45, 7) is 0. The van der Waals surface area contributed by atoms with E-state index in [2.05, 4.69) is 6.07 Å². The number of carbonyl (C=O) groups is 1. The molecule has 1 aromatic heterocycles. The molecule has 0 spiro atoms. The van der Waals surface area contributed by atoms with Crippen LogP contribution in [0.4, 0.5) is 0 Å². The van der Waals surface area contributed by atoms with Crippen molar-refractivity contribution < 1.29 is 9.53 Å². The summed E-state index contributed by atoms with van der Waals surface area (Å²) in [5.74, 6) is -0.291. The molecule has 0 saturated heterocycles. The molecule has 0 radical (unpaired) electrons. The van der Waals surface area contributed by atoms with Gasteiger partial charge in [0.25, 0.3) is 0 Å². The number of carbonyl (C=O) groups excluding carboxylic acids is 1. The normalized spacial score (nSPS) is 10.3. The van der Waals surface area contributed by atoms with Gasteiger partial charge in [-0.3, -0.25) is 0 Å². The van der Waals surface area contributed by atoms with Gasteiger partial charge in [-0.2, -0.15) is 0 Å². The maximum Gasteiger partial charge on any atom is 0.348 e. The van der Waals surface area contributed by atoms with E-state index in [1.54, 1.807) is 0 Å². The van der Waals surface area contributed by atoms with Crippen LogP contribution in [0.3, 0.4) is 0 Å². The lowest BCUT2D eigenvalue weighted by Crippen LogP contribution is -1.99. The molecule has 3 aromatic rings. The van der Waals surface area contributed by atoms with Gasteiger partial charge in [-0.05, 0) is 17.2 Å². The molecule has 3 rings (SSSR count). The van der Waals surface area contributed by atoms with E-state index in [4.69, 9.17) is 4.74 Å². The number of thiophene rings is 1. The van der Waals surface area contributed by atoms with Crippen LogP contribution < -0.4 is 0 Å². The second-order valence-corrected chi connectivity index (χ2v) is 5.63. The monoisotopic (exact) mass is 294 g/mol. The molecule has 21 heavy (non-hydrogen) atoms. The first-order chi connectivity index (χ1) is 10.3. The first-order valence-corrected chi connectivity index (χ1v) is 7.44. The molecule has 0 atom stereocenters. The van der Waals surface area contributed by atoms with E-state index in [0.29, 0.717) is 4.88 Å². The molecule has 0 unspecified atom stereocenters. The van der Waals surface area contributed by atoms with E-state index in [0.717, 1.165) is 21.6 Å². The summed E-state index contributed by atoms with van der Waals surface area (Å²) in [6.07, 6.45) is 0. The van der Waals surface area contributed by atoms with Crippen molar-refractivity contribution in [2.75, 3.05) is 7.11 Å². The van der Waals surface area contributed by atoms with Crippen molar-refractivity contribution in [3.63, 3.8) is 0 Å². The van der Waals surface area contributed by atoms with E-state index in [1.807, 2.05) is 60.7 Å². The van der Waals surface area contributed by atoms with E-state index in [1.165, 1.54) is 18.4 Å². The molecular formula is C18H14O2S. The van der Waals surface area contributed by atoms with Crippen molar-refractivity contribution in [2.45, 2.75) is 0 Å². The first kappa shape index (κ1) is 13.6. The lowest BCUT2D eigenvalue weighted by atomic mass is 10.0. The molecule has 2 nitrogen and oxygen atoms in total. The van der Waals surface area contributed by atoms with Crippen LogP contribution in [-0.2, 0) is 4.74 Å². The van der Waals surface area contributed by atoms with Crippen molar-refractivity contribution in [3.05, 3.63) is 71.6 Å². The van der Waals surface area contributed by atoms with Crippen molar-refractivity contribution in [1.29, 1.82) is 0 Å². The number of hydrogen-bond acceptors (Lipinski definition) is 3. The smallest absolute Gasteiger partial charge is 0.348 e. The molecule has 0 aliphatic carbocycles. The van der Waals surface area contributed by atoms with Crippen molar-refractivity contribution in [3.8, 4) is 21.6 Å². The highest BCUT2D eigenvalue weighted by atomic mass is 32.1. The summed E-state index contributed by atoms with van der Waals surface area (Å²) in [5.41, 5.74) is 3.05. The second kappa shape index (κ2) is 5.94. The molecular weight excluding hydrogens is 280 g/mol. The van der Waals surface area contributed by atoms with Gasteiger partial charge < -0.3 is 4.74 Å². The molecule has 104 valence electrons.